The molecule has 3 aromatic carbocycles. The van der Waals surface area contributed by atoms with Gasteiger partial charge in [-0.15, -0.1) is 0 Å². The van der Waals surface area contributed by atoms with Gasteiger partial charge in [0.1, 0.15) is 10.8 Å². The monoisotopic (exact) mass is 342 g/mol. The molecular weight excluding hydrogens is 326 g/mol. The van der Waals surface area contributed by atoms with Crippen LogP contribution in [0.1, 0.15) is 11.1 Å². The van der Waals surface area contributed by atoms with E-state index in [1.165, 1.54) is 10.5 Å². The Kier molecular flexibility index (Phi) is 4.40. The zero-order valence-corrected chi connectivity index (χ0v) is 14.6. The van der Waals surface area contributed by atoms with Crippen LogP contribution in [0.25, 0.3) is 5.57 Å². The Morgan fingerprint density at radius 2 is 1.56 bits per heavy atom. The van der Waals surface area contributed by atoms with Crippen LogP contribution < -0.4 is 4.74 Å². The fourth-order valence-electron chi connectivity index (χ4n) is 2.67. The molecule has 0 spiro atoms. The number of hydrogen-bond donors (Lipinski definition) is 0. The second-order valence-corrected chi connectivity index (χ2v) is 6.61. The Balaban J connectivity index is 1.78. The number of thioether (sulfide) groups is 1. The van der Waals surface area contributed by atoms with Crippen molar-refractivity contribution in [3.05, 3.63) is 96.1 Å². The molecule has 1 heterocycles. The molecule has 0 aromatic heterocycles. The molecule has 1 radical (unpaired) electrons. The zero-order valence-electron chi connectivity index (χ0n) is 13.8. The highest BCUT2D eigenvalue weighted by Gasteiger charge is 2.23. The molecule has 0 fully saturated rings. The van der Waals surface area contributed by atoms with Crippen LogP contribution in [0.5, 0.6) is 5.75 Å². The third-order valence-corrected chi connectivity index (χ3v) is 4.99. The van der Waals surface area contributed by atoms with Gasteiger partial charge >= 0.3 is 0 Å². The predicted octanol–water partition coefficient (Wildman–Crippen LogP) is 5.77. The first-order valence-corrected chi connectivity index (χ1v) is 8.84. The minimum Gasteiger partial charge on any atom is -0.497 e. The molecule has 0 unspecified atom stereocenters. The molecule has 0 saturated carbocycles. The molecule has 121 valence electrons. The van der Waals surface area contributed by atoms with Gasteiger partial charge in [0.05, 0.1) is 12.8 Å². The standard InChI is InChI=1S/C22H16NOS/c1-24-18-13-11-17(12-14-18)23-22-20(15-16-7-3-2-4-8-16)19-9-5-6-10-21(19)25-22/h2-14H,1H3. The van der Waals surface area contributed by atoms with Gasteiger partial charge in [-0.25, -0.2) is 4.99 Å². The van der Waals surface area contributed by atoms with E-state index < -0.39 is 0 Å². The van der Waals surface area contributed by atoms with E-state index in [2.05, 4.69) is 42.5 Å². The van der Waals surface area contributed by atoms with Crippen LogP contribution in [0.4, 0.5) is 5.69 Å². The summed E-state index contributed by atoms with van der Waals surface area (Å²) in [5, 5.41) is 0.968. The Hall–Kier alpha value is -2.78. The first-order chi connectivity index (χ1) is 12.3. The Labute approximate surface area is 151 Å². The normalized spacial score (nSPS) is 16.2. The molecule has 0 N–H and O–H groups in total. The maximum atomic E-state index is 5.22. The predicted molar refractivity (Wildman–Crippen MR) is 105 cm³/mol. The van der Waals surface area contributed by atoms with Gasteiger partial charge in [0, 0.05) is 16.5 Å². The number of methoxy groups -OCH3 is 1. The van der Waals surface area contributed by atoms with Crippen LogP contribution in [0.15, 0.2) is 88.8 Å². The van der Waals surface area contributed by atoms with Gasteiger partial charge < -0.3 is 4.74 Å². The fourth-order valence-corrected chi connectivity index (χ4v) is 3.72. The van der Waals surface area contributed by atoms with Crippen LogP contribution in [0, 0.1) is 6.08 Å². The number of fused-ring (bicyclic) bond motifs is 1. The van der Waals surface area contributed by atoms with Crippen molar-refractivity contribution in [3.63, 3.8) is 0 Å². The zero-order chi connectivity index (χ0) is 17.1. The first kappa shape index (κ1) is 15.7. The highest BCUT2D eigenvalue weighted by molar-refractivity contribution is 8.15. The molecule has 3 heteroatoms. The molecule has 1 aliphatic heterocycles. The van der Waals surface area contributed by atoms with Crippen LogP contribution in [-0.4, -0.2) is 12.2 Å². The van der Waals surface area contributed by atoms with Crippen LogP contribution in [0.3, 0.4) is 0 Å². The van der Waals surface area contributed by atoms with Crippen LogP contribution in [-0.2, 0) is 0 Å². The summed E-state index contributed by atoms with van der Waals surface area (Å²) in [6.07, 6.45) is 3.53. The smallest absolute Gasteiger partial charge is 0.119 e. The number of aliphatic imine (C=N–C) groups is 1. The van der Waals surface area contributed by atoms with Gasteiger partial charge in [-0.05, 0) is 41.5 Å². The molecule has 3 aromatic rings. The van der Waals surface area contributed by atoms with Gasteiger partial charge in [-0.2, -0.15) is 0 Å². The number of hydrogen-bond acceptors (Lipinski definition) is 3. The lowest BCUT2D eigenvalue weighted by Gasteiger charge is -2.03. The van der Waals surface area contributed by atoms with Crippen LogP contribution >= 0.6 is 11.8 Å². The molecular formula is C22H16NOS. The van der Waals surface area contributed by atoms with E-state index in [1.54, 1.807) is 18.9 Å². The van der Waals surface area contributed by atoms with E-state index in [0.29, 0.717) is 0 Å². The summed E-state index contributed by atoms with van der Waals surface area (Å²) in [4.78, 5) is 6.07. The molecule has 2 nitrogen and oxygen atoms in total. The summed E-state index contributed by atoms with van der Waals surface area (Å²) in [6.45, 7) is 0. The van der Waals surface area contributed by atoms with E-state index in [0.717, 1.165) is 27.6 Å². The molecule has 0 aliphatic carbocycles. The second-order valence-electron chi connectivity index (χ2n) is 5.58. The maximum Gasteiger partial charge on any atom is 0.119 e. The Morgan fingerprint density at radius 3 is 2.32 bits per heavy atom. The largest absolute Gasteiger partial charge is 0.497 e. The average Bonchev–Trinajstić information content (AvgIpc) is 3.00. The number of benzene rings is 3. The van der Waals surface area contributed by atoms with E-state index in [-0.39, 0.29) is 0 Å². The van der Waals surface area contributed by atoms with Crippen molar-refractivity contribution < 1.29 is 4.74 Å². The SMILES string of the molecule is COc1ccc(N=C2Sc3ccccc3C2=[C]c2ccccc2)cc1. The molecule has 0 bridgehead atoms. The number of rotatable bonds is 3. The molecule has 25 heavy (non-hydrogen) atoms. The van der Waals surface area contributed by atoms with Crippen molar-refractivity contribution in [2.45, 2.75) is 4.90 Å². The van der Waals surface area contributed by atoms with Crippen molar-refractivity contribution in [2.75, 3.05) is 7.11 Å². The van der Waals surface area contributed by atoms with Gasteiger partial charge in [0.25, 0.3) is 0 Å². The number of nitrogens with zero attached hydrogens (tertiary/aromatic N) is 1. The van der Waals surface area contributed by atoms with Gasteiger partial charge in [-0.3, -0.25) is 0 Å². The van der Waals surface area contributed by atoms with Crippen molar-refractivity contribution in [3.8, 4) is 5.75 Å². The third kappa shape index (κ3) is 3.37. The number of ether oxygens (including phenoxy) is 1. The van der Waals surface area contributed by atoms with Crippen molar-refractivity contribution >= 4 is 28.1 Å². The van der Waals surface area contributed by atoms with E-state index in [9.17, 15) is 0 Å². The lowest BCUT2D eigenvalue weighted by Crippen LogP contribution is -1.91. The second kappa shape index (κ2) is 6.99. The van der Waals surface area contributed by atoms with E-state index in [1.807, 2.05) is 42.5 Å². The maximum absolute atomic E-state index is 5.22. The Bertz CT molecular complexity index is 943. The average molecular weight is 342 g/mol. The highest BCUT2D eigenvalue weighted by Crippen LogP contribution is 2.42. The Morgan fingerprint density at radius 1 is 0.840 bits per heavy atom. The van der Waals surface area contributed by atoms with E-state index in [4.69, 9.17) is 9.73 Å². The van der Waals surface area contributed by atoms with Crippen molar-refractivity contribution in [1.82, 2.24) is 0 Å². The molecule has 0 atom stereocenters. The van der Waals surface area contributed by atoms with Crippen LogP contribution in [0.2, 0.25) is 0 Å². The summed E-state index contributed by atoms with van der Waals surface area (Å²) in [5.41, 5.74) is 4.19. The highest BCUT2D eigenvalue weighted by atomic mass is 32.2. The topological polar surface area (TPSA) is 21.6 Å². The molecule has 1 aliphatic rings. The fraction of sp³-hybridized carbons (Fsp3) is 0.0455. The van der Waals surface area contributed by atoms with Gasteiger partial charge in [0.15, 0.2) is 0 Å². The quantitative estimate of drug-likeness (QED) is 0.603. The molecule has 4 rings (SSSR count). The first-order valence-electron chi connectivity index (χ1n) is 8.03. The minimum absolute atomic E-state index is 0.831. The molecule has 0 amide bonds. The summed E-state index contributed by atoms with van der Waals surface area (Å²) in [6, 6.07) is 26.3. The lowest BCUT2D eigenvalue weighted by molar-refractivity contribution is 0.415. The van der Waals surface area contributed by atoms with Gasteiger partial charge in [-0.1, -0.05) is 60.3 Å². The van der Waals surface area contributed by atoms with Crippen molar-refractivity contribution in [2.24, 2.45) is 4.99 Å². The minimum atomic E-state index is 0.831. The summed E-state index contributed by atoms with van der Waals surface area (Å²) >= 11 is 1.69. The lowest BCUT2D eigenvalue weighted by atomic mass is 10.0. The molecule has 0 saturated heterocycles. The summed E-state index contributed by atoms with van der Waals surface area (Å²) < 4.78 is 5.22. The van der Waals surface area contributed by atoms with Crippen molar-refractivity contribution in [1.29, 1.82) is 0 Å². The third-order valence-electron chi connectivity index (χ3n) is 3.92. The summed E-state index contributed by atoms with van der Waals surface area (Å²) in [5.74, 6) is 0.831. The van der Waals surface area contributed by atoms with Gasteiger partial charge in [0.2, 0.25) is 0 Å². The summed E-state index contributed by atoms with van der Waals surface area (Å²) in [7, 11) is 1.67. The van der Waals surface area contributed by atoms with E-state index >= 15 is 0 Å².